The van der Waals surface area contributed by atoms with E-state index in [-0.39, 0.29) is 11.5 Å². The van der Waals surface area contributed by atoms with E-state index in [1.165, 1.54) is 12.1 Å². The average Bonchev–Trinajstić information content (AvgIpc) is 2.72. The molecule has 1 aliphatic heterocycles. The van der Waals surface area contributed by atoms with Gasteiger partial charge in [0, 0.05) is 30.0 Å². The molecule has 1 aromatic carbocycles. The van der Waals surface area contributed by atoms with Gasteiger partial charge in [0.15, 0.2) is 0 Å². The van der Waals surface area contributed by atoms with Crippen molar-refractivity contribution in [3.63, 3.8) is 0 Å². The zero-order valence-corrected chi connectivity index (χ0v) is 11.2. The summed E-state index contributed by atoms with van der Waals surface area (Å²) in [6, 6.07) is 4.39. The van der Waals surface area contributed by atoms with Crippen molar-refractivity contribution >= 4 is 21.8 Å². The van der Waals surface area contributed by atoms with Crippen LogP contribution in [0, 0.1) is 11.7 Å². The molecule has 98 valence electrons. The molecule has 4 nitrogen and oxygen atoms in total. The normalized spacial score (nSPS) is 23.1. The topological polar surface area (TPSA) is 61.4 Å². The number of hydrogen-bond acceptors (Lipinski definition) is 3. The van der Waals surface area contributed by atoms with Crippen molar-refractivity contribution < 1.29 is 14.3 Å². The van der Waals surface area contributed by atoms with Crippen molar-refractivity contribution in [1.82, 2.24) is 10.6 Å². The van der Waals surface area contributed by atoms with Gasteiger partial charge in [-0.15, -0.1) is 0 Å². The van der Waals surface area contributed by atoms with E-state index in [9.17, 15) is 14.3 Å². The summed E-state index contributed by atoms with van der Waals surface area (Å²) >= 11 is 3.15. The Bertz CT molecular complexity index is 435. The van der Waals surface area contributed by atoms with Gasteiger partial charge < -0.3 is 15.7 Å². The highest BCUT2D eigenvalue weighted by molar-refractivity contribution is 9.10. The number of carbonyl (C=O) groups excluding carboxylic acids is 1. The van der Waals surface area contributed by atoms with Crippen LogP contribution in [0.5, 0.6) is 0 Å². The molecule has 0 spiro atoms. The molecule has 2 unspecified atom stereocenters. The second kappa shape index (κ2) is 5.77. The van der Waals surface area contributed by atoms with E-state index in [4.69, 9.17) is 0 Å². The number of aliphatic hydroxyl groups is 1. The summed E-state index contributed by atoms with van der Waals surface area (Å²) in [5.74, 6) is -1.06. The lowest BCUT2D eigenvalue weighted by Gasteiger charge is -2.14. The van der Waals surface area contributed by atoms with Crippen LogP contribution >= 0.6 is 15.9 Å². The fourth-order valence-corrected chi connectivity index (χ4v) is 2.48. The van der Waals surface area contributed by atoms with Crippen molar-refractivity contribution in [2.24, 2.45) is 5.92 Å². The summed E-state index contributed by atoms with van der Waals surface area (Å²) in [6.07, 6.45) is -0.464. The van der Waals surface area contributed by atoms with Gasteiger partial charge in [-0.3, -0.25) is 4.79 Å². The molecular weight excluding hydrogens is 303 g/mol. The van der Waals surface area contributed by atoms with Crippen LogP contribution in [0.25, 0.3) is 0 Å². The molecule has 6 heteroatoms. The number of hydrogen-bond donors (Lipinski definition) is 3. The van der Waals surface area contributed by atoms with Crippen LogP contribution in [-0.2, 0) is 0 Å². The van der Waals surface area contributed by atoms with E-state index in [1.807, 2.05) is 0 Å². The molecule has 1 aliphatic rings. The molecular formula is C12H14BrFN2O2. The summed E-state index contributed by atoms with van der Waals surface area (Å²) < 4.78 is 13.9. The summed E-state index contributed by atoms with van der Waals surface area (Å²) in [5, 5.41) is 15.3. The number of benzene rings is 1. The lowest BCUT2D eigenvalue weighted by molar-refractivity contribution is 0.0922. The maximum absolute atomic E-state index is 13.5. The Morgan fingerprint density at radius 2 is 2.33 bits per heavy atom. The van der Waals surface area contributed by atoms with Gasteiger partial charge in [-0.1, -0.05) is 6.07 Å². The Labute approximate surface area is 113 Å². The maximum Gasteiger partial charge on any atom is 0.255 e. The van der Waals surface area contributed by atoms with Crippen LogP contribution in [-0.4, -0.2) is 36.8 Å². The smallest absolute Gasteiger partial charge is 0.255 e. The van der Waals surface area contributed by atoms with E-state index in [0.29, 0.717) is 24.1 Å². The van der Waals surface area contributed by atoms with Crippen LogP contribution in [0.2, 0.25) is 0 Å². The van der Waals surface area contributed by atoms with E-state index in [2.05, 4.69) is 26.6 Å². The molecule has 1 heterocycles. The minimum atomic E-state index is -0.563. The lowest BCUT2D eigenvalue weighted by Crippen LogP contribution is -2.34. The molecule has 2 atom stereocenters. The molecule has 1 amide bonds. The Hall–Kier alpha value is -0.980. The highest BCUT2D eigenvalue weighted by atomic mass is 79.9. The number of amides is 1. The third-order valence-corrected chi connectivity index (χ3v) is 3.68. The minimum absolute atomic E-state index is 0.00190. The first-order chi connectivity index (χ1) is 8.59. The first kappa shape index (κ1) is 13.5. The summed E-state index contributed by atoms with van der Waals surface area (Å²) in [7, 11) is 0. The van der Waals surface area contributed by atoms with Gasteiger partial charge in [-0.2, -0.15) is 0 Å². The number of rotatable bonds is 3. The molecule has 0 aliphatic carbocycles. The van der Waals surface area contributed by atoms with Gasteiger partial charge in [-0.05, 0) is 28.1 Å². The largest absolute Gasteiger partial charge is 0.391 e. The van der Waals surface area contributed by atoms with Crippen LogP contribution < -0.4 is 10.6 Å². The van der Waals surface area contributed by atoms with Crippen LogP contribution in [0.1, 0.15) is 10.4 Å². The average molecular weight is 317 g/mol. The van der Waals surface area contributed by atoms with Gasteiger partial charge in [0.25, 0.3) is 5.91 Å². The van der Waals surface area contributed by atoms with E-state index >= 15 is 0 Å². The van der Waals surface area contributed by atoms with E-state index in [1.54, 1.807) is 6.07 Å². The maximum atomic E-state index is 13.5. The molecule has 0 radical (unpaired) electrons. The molecule has 2 rings (SSSR count). The molecule has 1 aromatic rings. The van der Waals surface area contributed by atoms with Gasteiger partial charge in [0.05, 0.1) is 11.7 Å². The zero-order chi connectivity index (χ0) is 13.1. The molecule has 0 bridgehead atoms. The number of halogens is 2. The number of carbonyl (C=O) groups is 1. The first-order valence-corrected chi connectivity index (χ1v) is 6.50. The SMILES string of the molecule is O=C(NCC1CNCC1O)c1c(F)cccc1Br. The molecule has 3 N–H and O–H groups in total. The predicted molar refractivity (Wildman–Crippen MR) is 68.8 cm³/mol. The Morgan fingerprint density at radius 3 is 2.94 bits per heavy atom. The van der Waals surface area contributed by atoms with Gasteiger partial charge in [0.2, 0.25) is 0 Å². The van der Waals surface area contributed by atoms with Crippen molar-refractivity contribution in [3.05, 3.63) is 34.1 Å². The van der Waals surface area contributed by atoms with E-state index in [0.717, 1.165) is 0 Å². The Balaban J connectivity index is 1.99. The van der Waals surface area contributed by atoms with Crippen molar-refractivity contribution in [2.45, 2.75) is 6.10 Å². The number of aliphatic hydroxyl groups excluding tert-OH is 1. The van der Waals surface area contributed by atoms with Gasteiger partial charge in [0.1, 0.15) is 5.82 Å². The molecule has 0 aromatic heterocycles. The summed E-state index contributed by atoms with van der Waals surface area (Å²) in [5.41, 5.74) is -0.00190. The minimum Gasteiger partial charge on any atom is -0.391 e. The van der Waals surface area contributed by atoms with Gasteiger partial charge >= 0.3 is 0 Å². The van der Waals surface area contributed by atoms with Crippen LogP contribution in [0.4, 0.5) is 4.39 Å². The zero-order valence-electron chi connectivity index (χ0n) is 9.62. The van der Waals surface area contributed by atoms with Crippen molar-refractivity contribution in [1.29, 1.82) is 0 Å². The second-order valence-corrected chi connectivity index (χ2v) is 5.15. The number of nitrogens with one attached hydrogen (secondary N) is 2. The molecule has 0 saturated carbocycles. The number of β-amino-alcohol motifs (C(OH)–C–C–N with tert-alkyl or cyclic N) is 1. The van der Waals surface area contributed by atoms with Gasteiger partial charge in [-0.25, -0.2) is 4.39 Å². The fraction of sp³-hybridized carbons (Fsp3) is 0.417. The standard InChI is InChI=1S/C12H14BrFN2O2/c13-8-2-1-3-9(14)11(8)12(18)16-5-7-4-15-6-10(7)17/h1-3,7,10,15,17H,4-6H2,(H,16,18). The highest BCUT2D eigenvalue weighted by Crippen LogP contribution is 2.19. The van der Waals surface area contributed by atoms with Crippen LogP contribution in [0.3, 0.4) is 0 Å². The third-order valence-electron chi connectivity index (χ3n) is 3.02. The predicted octanol–water partition coefficient (Wildman–Crippen LogP) is 0.898. The quantitative estimate of drug-likeness (QED) is 0.776. The third kappa shape index (κ3) is 2.88. The summed E-state index contributed by atoms with van der Waals surface area (Å²) in [6.45, 7) is 1.51. The van der Waals surface area contributed by atoms with Crippen LogP contribution in [0.15, 0.2) is 22.7 Å². The highest BCUT2D eigenvalue weighted by Gasteiger charge is 2.25. The fourth-order valence-electron chi connectivity index (χ4n) is 1.95. The summed E-state index contributed by atoms with van der Waals surface area (Å²) in [4.78, 5) is 11.9. The molecule has 1 fully saturated rings. The Kier molecular flexibility index (Phi) is 4.31. The van der Waals surface area contributed by atoms with Crippen molar-refractivity contribution in [2.75, 3.05) is 19.6 Å². The van der Waals surface area contributed by atoms with E-state index < -0.39 is 17.8 Å². The molecule has 1 saturated heterocycles. The Morgan fingerprint density at radius 1 is 1.56 bits per heavy atom. The van der Waals surface area contributed by atoms with Crippen molar-refractivity contribution in [3.8, 4) is 0 Å². The molecule has 18 heavy (non-hydrogen) atoms. The monoisotopic (exact) mass is 316 g/mol. The first-order valence-electron chi connectivity index (χ1n) is 5.70. The second-order valence-electron chi connectivity index (χ2n) is 4.29. The lowest BCUT2D eigenvalue weighted by atomic mass is 10.1.